The molecule has 5 heteroatoms. The third-order valence-electron chi connectivity index (χ3n) is 2.17. The minimum absolute atomic E-state index is 0.285. The van der Waals surface area contributed by atoms with Crippen molar-refractivity contribution < 1.29 is 14.6 Å². The number of hydrogen-bond donors (Lipinski definition) is 1. The van der Waals surface area contributed by atoms with Crippen LogP contribution in [-0.4, -0.2) is 35.5 Å². The molecule has 15 heavy (non-hydrogen) atoms. The lowest BCUT2D eigenvalue weighted by molar-refractivity contribution is -0.206. The van der Waals surface area contributed by atoms with Crippen LogP contribution >= 0.6 is 11.6 Å². The molecule has 1 aromatic rings. The zero-order valence-electron chi connectivity index (χ0n) is 8.15. The second-order valence-electron chi connectivity index (χ2n) is 3.70. The Bertz CT molecular complexity index is 341. The minimum atomic E-state index is -0.795. The van der Waals surface area contributed by atoms with Gasteiger partial charge in [0.05, 0.1) is 26.4 Å². The Morgan fingerprint density at radius 3 is 3.00 bits per heavy atom. The second kappa shape index (κ2) is 4.45. The fraction of sp³-hybridized carbons (Fsp3) is 0.500. The molecule has 4 nitrogen and oxygen atoms in total. The molecule has 0 spiro atoms. The van der Waals surface area contributed by atoms with Gasteiger partial charge in [-0.1, -0.05) is 11.6 Å². The van der Waals surface area contributed by atoms with Gasteiger partial charge in [0.2, 0.25) is 0 Å². The van der Waals surface area contributed by atoms with E-state index in [9.17, 15) is 5.11 Å². The quantitative estimate of drug-likeness (QED) is 0.783. The topological polar surface area (TPSA) is 51.6 Å². The average Bonchev–Trinajstić information content (AvgIpc) is 2.15. The molecule has 1 saturated heterocycles. The lowest BCUT2D eigenvalue weighted by atomic mass is 10.0. The average molecular weight is 230 g/mol. The van der Waals surface area contributed by atoms with Crippen LogP contribution in [0.2, 0.25) is 5.15 Å². The van der Waals surface area contributed by atoms with Crippen LogP contribution in [0.3, 0.4) is 0 Å². The molecule has 0 aliphatic carbocycles. The Hall–Kier alpha value is -0.680. The largest absolute Gasteiger partial charge is 0.383 e. The monoisotopic (exact) mass is 229 g/mol. The van der Waals surface area contributed by atoms with Gasteiger partial charge >= 0.3 is 0 Å². The van der Waals surface area contributed by atoms with E-state index < -0.39 is 5.60 Å². The Balaban J connectivity index is 1.78. The number of nitrogens with zero attached hydrogens (tertiary/aromatic N) is 1. The van der Waals surface area contributed by atoms with Gasteiger partial charge in [-0.25, -0.2) is 4.98 Å². The van der Waals surface area contributed by atoms with E-state index in [1.165, 1.54) is 0 Å². The Kier molecular flexibility index (Phi) is 3.21. The van der Waals surface area contributed by atoms with E-state index in [0.717, 1.165) is 5.56 Å². The van der Waals surface area contributed by atoms with E-state index in [0.29, 0.717) is 25.0 Å². The molecule has 1 N–H and O–H groups in total. The molecule has 0 radical (unpaired) electrons. The van der Waals surface area contributed by atoms with Crippen molar-refractivity contribution in [2.24, 2.45) is 0 Å². The summed E-state index contributed by atoms with van der Waals surface area (Å²) in [5.41, 5.74) is 0.149. The lowest BCUT2D eigenvalue weighted by Crippen LogP contribution is -2.53. The molecule has 0 unspecified atom stereocenters. The Labute approximate surface area is 92.8 Å². The highest BCUT2D eigenvalue weighted by Gasteiger charge is 2.36. The van der Waals surface area contributed by atoms with Crippen molar-refractivity contribution >= 4 is 11.6 Å². The normalized spacial score (nSPS) is 18.5. The molecule has 2 heterocycles. The Morgan fingerprint density at radius 1 is 1.60 bits per heavy atom. The summed E-state index contributed by atoms with van der Waals surface area (Å²) in [6.45, 7) is 1.41. The van der Waals surface area contributed by atoms with Crippen molar-refractivity contribution in [2.45, 2.75) is 12.2 Å². The third kappa shape index (κ3) is 2.89. The zero-order chi connectivity index (χ0) is 10.7. The number of rotatable bonds is 4. The van der Waals surface area contributed by atoms with Gasteiger partial charge in [0.25, 0.3) is 0 Å². The summed E-state index contributed by atoms with van der Waals surface area (Å²) < 4.78 is 10.3. The molecule has 0 aromatic carbocycles. The standard InChI is InChI=1S/C10H12ClNO3/c11-9-3-8(1-2-12-9)4-14-5-10(13)6-15-7-10/h1-3,13H,4-7H2. The zero-order valence-corrected chi connectivity index (χ0v) is 8.91. The summed E-state index contributed by atoms with van der Waals surface area (Å²) in [7, 11) is 0. The van der Waals surface area contributed by atoms with Crippen LogP contribution in [0.15, 0.2) is 18.3 Å². The lowest BCUT2D eigenvalue weighted by Gasteiger charge is -2.35. The van der Waals surface area contributed by atoms with E-state index in [2.05, 4.69) is 4.98 Å². The van der Waals surface area contributed by atoms with Gasteiger partial charge in [-0.2, -0.15) is 0 Å². The molecule has 1 aromatic heterocycles. The minimum Gasteiger partial charge on any atom is -0.383 e. The molecule has 1 fully saturated rings. The van der Waals surface area contributed by atoms with Gasteiger partial charge in [-0.3, -0.25) is 0 Å². The number of hydrogen-bond acceptors (Lipinski definition) is 4. The van der Waals surface area contributed by atoms with Crippen LogP contribution in [0, 0.1) is 0 Å². The molecular formula is C10H12ClNO3. The fourth-order valence-electron chi connectivity index (χ4n) is 1.31. The first-order valence-corrected chi connectivity index (χ1v) is 5.04. The van der Waals surface area contributed by atoms with Crippen molar-refractivity contribution in [3.8, 4) is 0 Å². The molecule has 0 atom stereocenters. The van der Waals surface area contributed by atoms with Crippen LogP contribution in [0.25, 0.3) is 0 Å². The van der Waals surface area contributed by atoms with E-state index in [1.54, 1.807) is 12.3 Å². The van der Waals surface area contributed by atoms with Crippen molar-refractivity contribution in [1.82, 2.24) is 4.98 Å². The smallest absolute Gasteiger partial charge is 0.134 e. The fourth-order valence-corrected chi connectivity index (χ4v) is 1.51. The molecule has 0 bridgehead atoms. The molecule has 2 rings (SSSR count). The van der Waals surface area contributed by atoms with Crippen molar-refractivity contribution in [3.63, 3.8) is 0 Å². The van der Waals surface area contributed by atoms with Crippen LogP contribution in [-0.2, 0) is 16.1 Å². The molecular weight excluding hydrogens is 218 g/mol. The predicted molar refractivity (Wildman–Crippen MR) is 54.7 cm³/mol. The van der Waals surface area contributed by atoms with Gasteiger partial charge in [-0.05, 0) is 17.7 Å². The summed E-state index contributed by atoms with van der Waals surface area (Å²) in [5, 5.41) is 10.1. The molecule has 1 aliphatic rings. The van der Waals surface area contributed by atoms with Gasteiger partial charge in [0.15, 0.2) is 0 Å². The number of halogens is 1. The molecule has 1 aliphatic heterocycles. The van der Waals surface area contributed by atoms with Crippen LogP contribution in [0.5, 0.6) is 0 Å². The Morgan fingerprint density at radius 2 is 2.40 bits per heavy atom. The van der Waals surface area contributed by atoms with Crippen molar-refractivity contribution in [1.29, 1.82) is 0 Å². The maximum Gasteiger partial charge on any atom is 0.134 e. The first-order valence-electron chi connectivity index (χ1n) is 4.66. The second-order valence-corrected chi connectivity index (χ2v) is 4.08. The van der Waals surface area contributed by atoms with Crippen LogP contribution < -0.4 is 0 Å². The van der Waals surface area contributed by atoms with Crippen molar-refractivity contribution in [2.75, 3.05) is 19.8 Å². The molecule has 0 saturated carbocycles. The van der Waals surface area contributed by atoms with E-state index in [-0.39, 0.29) is 6.61 Å². The molecule has 82 valence electrons. The highest BCUT2D eigenvalue weighted by Crippen LogP contribution is 2.17. The van der Waals surface area contributed by atoms with Gasteiger partial charge in [0.1, 0.15) is 10.8 Å². The van der Waals surface area contributed by atoms with Crippen LogP contribution in [0.1, 0.15) is 5.56 Å². The van der Waals surface area contributed by atoms with E-state index in [4.69, 9.17) is 21.1 Å². The summed E-state index contributed by atoms with van der Waals surface area (Å²) >= 11 is 5.72. The number of pyridine rings is 1. The molecule has 0 amide bonds. The van der Waals surface area contributed by atoms with Gasteiger partial charge < -0.3 is 14.6 Å². The predicted octanol–water partition coefficient (Wildman–Crippen LogP) is 1.01. The number of aliphatic hydroxyl groups is 1. The van der Waals surface area contributed by atoms with E-state index in [1.807, 2.05) is 6.07 Å². The summed E-state index contributed by atoms with van der Waals surface area (Å²) in [6.07, 6.45) is 1.63. The maximum absolute atomic E-state index is 9.65. The third-order valence-corrected chi connectivity index (χ3v) is 2.38. The number of ether oxygens (including phenoxy) is 2. The van der Waals surface area contributed by atoms with Crippen molar-refractivity contribution in [3.05, 3.63) is 29.0 Å². The highest BCUT2D eigenvalue weighted by atomic mass is 35.5. The van der Waals surface area contributed by atoms with Gasteiger partial charge in [0, 0.05) is 6.20 Å². The SMILES string of the molecule is OC1(COCc2ccnc(Cl)c2)COC1. The maximum atomic E-state index is 9.65. The first-order chi connectivity index (χ1) is 7.18. The summed E-state index contributed by atoms with van der Waals surface area (Å²) in [5.74, 6) is 0. The summed E-state index contributed by atoms with van der Waals surface area (Å²) in [6, 6.07) is 3.57. The number of aromatic nitrogens is 1. The summed E-state index contributed by atoms with van der Waals surface area (Å²) in [4.78, 5) is 3.86. The van der Waals surface area contributed by atoms with Gasteiger partial charge in [-0.15, -0.1) is 0 Å². The van der Waals surface area contributed by atoms with E-state index >= 15 is 0 Å². The highest BCUT2D eigenvalue weighted by molar-refractivity contribution is 6.29. The first kappa shape index (κ1) is 10.8. The van der Waals surface area contributed by atoms with Crippen LogP contribution in [0.4, 0.5) is 0 Å².